The second kappa shape index (κ2) is 4.25. The Bertz CT molecular complexity index is 200. The van der Waals surface area contributed by atoms with Crippen molar-refractivity contribution in [2.45, 2.75) is 39.0 Å². The van der Waals surface area contributed by atoms with E-state index in [-0.39, 0.29) is 11.7 Å². The Morgan fingerprint density at radius 3 is 2.67 bits per heavy atom. The average Bonchev–Trinajstić information content (AvgIpc) is 1.99. The summed E-state index contributed by atoms with van der Waals surface area (Å²) < 4.78 is 0. The smallest absolute Gasteiger partial charge is 0.150 e. The third-order valence-electron chi connectivity index (χ3n) is 2.67. The van der Waals surface area contributed by atoms with Gasteiger partial charge in [-0.1, -0.05) is 26.2 Å². The second-order valence-electron chi connectivity index (χ2n) is 3.56. The van der Waals surface area contributed by atoms with E-state index in [1.807, 2.05) is 6.92 Å². The first-order valence-electron chi connectivity index (χ1n) is 4.70. The van der Waals surface area contributed by atoms with E-state index in [1.54, 1.807) is 0 Å². The van der Waals surface area contributed by atoms with Crippen molar-refractivity contribution in [3.63, 3.8) is 0 Å². The molecule has 1 rings (SSSR count). The average molecular weight is 165 g/mol. The molecule has 0 amide bonds. The van der Waals surface area contributed by atoms with Crippen LogP contribution in [0.2, 0.25) is 0 Å². The van der Waals surface area contributed by atoms with Gasteiger partial charge in [0.1, 0.15) is 11.7 Å². The molecule has 1 aliphatic rings. The van der Waals surface area contributed by atoms with Crippen LogP contribution >= 0.6 is 0 Å². The predicted molar refractivity (Wildman–Crippen MR) is 46.4 cm³/mol. The lowest BCUT2D eigenvalue weighted by Gasteiger charge is -2.24. The zero-order chi connectivity index (χ0) is 8.97. The molecule has 0 aliphatic heterocycles. The molecular formula is C10H15NO. The minimum atomic E-state index is -0.342. The summed E-state index contributed by atoms with van der Waals surface area (Å²) in [4.78, 5) is 11.4. The Balaban J connectivity index is 2.30. The fourth-order valence-electron chi connectivity index (χ4n) is 1.51. The van der Waals surface area contributed by atoms with Crippen LogP contribution in [0, 0.1) is 23.2 Å². The van der Waals surface area contributed by atoms with Crippen LogP contribution in [0.25, 0.3) is 0 Å². The molecule has 1 atom stereocenters. The summed E-state index contributed by atoms with van der Waals surface area (Å²) in [6.07, 6.45) is 4.95. The van der Waals surface area contributed by atoms with E-state index in [4.69, 9.17) is 5.26 Å². The van der Waals surface area contributed by atoms with Crippen molar-refractivity contribution < 1.29 is 4.79 Å². The van der Waals surface area contributed by atoms with Gasteiger partial charge in [0.25, 0.3) is 0 Å². The summed E-state index contributed by atoms with van der Waals surface area (Å²) in [7, 11) is 0. The molecule has 1 aliphatic carbocycles. The van der Waals surface area contributed by atoms with Gasteiger partial charge < -0.3 is 0 Å². The molecule has 0 radical (unpaired) electrons. The Morgan fingerprint density at radius 1 is 1.67 bits per heavy atom. The van der Waals surface area contributed by atoms with Gasteiger partial charge in [-0.15, -0.1) is 0 Å². The zero-order valence-electron chi connectivity index (χ0n) is 7.55. The van der Waals surface area contributed by atoms with Gasteiger partial charge in [0, 0.05) is 6.42 Å². The van der Waals surface area contributed by atoms with Crippen molar-refractivity contribution in [1.29, 1.82) is 5.26 Å². The maximum atomic E-state index is 11.4. The molecule has 0 saturated heterocycles. The predicted octanol–water partition coefficient (Wildman–Crippen LogP) is 2.30. The van der Waals surface area contributed by atoms with Crippen molar-refractivity contribution in [3.8, 4) is 6.07 Å². The molecule has 2 nitrogen and oxygen atoms in total. The number of Topliss-reactive ketones (excluding diaryl/α,β-unsaturated/α-hetero) is 1. The summed E-state index contributed by atoms with van der Waals surface area (Å²) in [5.74, 6) is 0.412. The Morgan fingerprint density at radius 2 is 2.33 bits per heavy atom. The first-order chi connectivity index (χ1) is 5.77. The maximum Gasteiger partial charge on any atom is 0.150 e. The highest BCUT2D eigenvalue weighted by atomic mass is 16.1. The van der Waals surface area contributed by atoms with Crippen molar-refractivity contribution in [2.24, 2.45) is 11.8 Å². The van der Waals surface area contributed by atoms with Crippen molar-refractivity contribution in [1.82, 2.24) is 0 Å². The zero-order valence-corrected chi connectivity index (χ0v) is 7.55. The van der Waals surface area contributed by atoms with E-state index in [9.17, 15) is 4.79 Å². The molecule has 0 aromatic heterocycles. The summed E-state index contributed by atoms with van der Waals surface area (Å²) in [5.41, 5.74) is 0. The Labute approximate surface area is 73.6 Å². The van der Waals surface area contributed by atoms with Crippen LogP contribution in [0.1, 0.15) is 39.0 Å². The molecular weight excluding hydrogens is 150 g/mol. The van der Waals surface area contributed by atoms with Crippen LogP contribution in [0.4, 0.5) is 0 Å². The molecule has 0 aromatic rings. The molecule has 0 heterocycles. The summed E-state index contributed by atoms with van der Waals surface area (Å²) in [5, 5.41) is 8.63. The first-order valence-corrected chi connectivity index (χ1v) is 4.70. The number of hydrogen-bond donors (Lipinski definition) is 0. The second-order valence-corrected chi connectivity index (χ2v) is 3.56. The standard InChI is InChI=1S/C10H15NO/c1-2-9(7-11)10(12)6-8-4-3-5-8/h8-9H,2-6H2,1H3. The largest absolute Gasteiger partial charge is 0.298 e. The highest BCUT2D eigenvalue weighted by molar-refractivity contribution is 5.83. The van der Waals surface area contributed by atoms with Gasteiger partial charge in [0.05, 0.1) is 6.07 Å². The number of carbonyl (C=O) groups excluding carboxylic acids is 1. The number of nitriles is 1. The third kappa shape index (κ3) is 2.07. The molecule has 0 spiro atoms. The molecule has 1 unspecified atom stereocenters. The van der Waals surface area contributed by atoms with Gasteiger partial charge in [-0.2, -0.15) is 5.26 Å². The normalized spacial score (nSPS) is 19.3. The number of carbonyl (C=O) groups is 1. The minimum Gasteiger partial charge on any atom is -0.298 e. The van der Waals surface area contributed by atoms with Crippen molar-refractivity contribution in [3.05, 3.63) is 0 Å². The van der Waals surface area contributed by atoms with Gasteiger partial charge in [-0.25, -0.2) is 0 Å². The van der Waals surface area contributed by atoms with Crippen LogP contribution in [-0.2, 0) is 4.79 Å². The third-order valence-corrected chi connectivity index (χ3v) is 2.67. The van der Waals surface area contributed by atoms with Crippen LogP contribution in [-0.4, -0.2) is 5.78 Å². The lowest BCUT2D eigenvalue weighted by Crippen LogP contribution is -2.20. The van der Waals surface area contributed by atoms with E-state index >= 15 is 0 Å². The van der Waals surface area contributed by atoms with Gasteiger partial charge in [-0.05, 0) is 12.3 Å². The van der Waals surface area contributed by atoms with Gasteiger partial charge >= 0.3 is 0 Å². The first kappa shape index (κ1) is 9.25. The molecule has 1 saturated carbocycles. The highest BCUT2D eigenvalue weighted by Gasteiger charge is 2.24. The van der Waals surface area contributed by atoms with E-state index in [2.05, 4.69) is 6.07 Å². The van der Waals surface area contributed by atoms with E-state index in [0.717, 1.165) is 0 Å². The maximum absolute atomic E-state index is 11.4. The Kier molecular flexibility index (Phi) is 3.28. The lowest BCUT2D eigenvalue weighted by atomic mass is 9.80. The van der Waals surface area contributed by atoms with Gasteiger partial charge in [-0.3, -0.25) is 4.79 Å². The Hall–Kier alpha value is -0.840. The van der Waals surface area contributed by atoms with E-state index in [1.165, 1.54) is 19.3 Å². The van der Waals surface area contributed by atoms with Crippen LogP contribution < -0.4 is 0 Å². The summed E-state index contributed by atoms with van der Waals surface area (Å²) in [6.45, 7) is 1.90. The lowest BCUT2D eigenvalue weighted by molar-refractivity contribution is -0.122. The molecule has 0 aromatic carbocycles. The van der Waals surface area contributed by atoms with E-state index in [0.29, 0.717) is 18.8 Å². The molecule has 2 heteroatoms. The number of rotatable bonds is 4. The minimum absolute atomic E-state index is 0.157. The van der Waals surface area contributed by atoms with Crippen molar-refractivity contribution >= 4 is 5.78 Å². The molecule has 0 N–H and O–H groups in total. The highest BCUT2D eigenvalue weighted by Crippen LogP contribution is 2.30. The van der Waals surface area contributed by atoms with Crippen LogP contribution in [0.15, 0.2) is 0 Å². The SMILES string of the molecule is CCC(C#N)C(=O)CC1CCC1. The molecule has 1 fully saturated rings. The number of ketones is 1. The number of hydrogen-bond acceptors (Lipinski definition) is 2. The topological polar surface area (TPSA) is 40.9 Å². The molecule has 66 valence electrons. The molecule has 12 heavy (non-hydrogen) atoms. The van der Waals surface area contributed by atoms with Crippen LogP contribution in [0.3, 0.4) is 0 Å². The fraction of sp³-hybridized carbons (Fsp3) is 0.800. The fourth-order valence-corrected chi connectivity index (χ4v) is 1.51. The monoisotopic (exact) mass is 165 g/mol. The summed E-state index contributed by atoms with van der Waals surface area (Å²) >= 11 is 0. The van der Waals surface area contributed by atoms with E-state index < -0.39 is 0 Å². The van der Waals surface area contributed by atoms with Crippen LogP contribution in [0.5, 0.6) is 0 Å². The van der Waals surface area contributed by atoms with Gasteiger partial charge in [0.15, 0.2) is 0 Å². The summed E-state index contributed by atoms with van der Waals surface area (Å²) in [6, 6.07) is 2.06. The quantitative estimate of drug-likeness (QED) is 0.641. The molecule has 0 bridgehead atoms. The van der Waals surface area contributed by atoms with Crippen molar-refractivity contribution in [2.75, 3.05) is 0 Å². The number of nitrogens with zero attached hydrogens (tertiary/aromatic N) is 1. The van der Waals surface area contributed by atoms with Gasteiger partial charge in [0.2, 0.25) is 0 Å².